The number of rotatable bonds is 3. The molecule has 0 bridgehead atoms. The topological polar surface area (TPSA) is 46.2 Å². The quantitative estimate of drug-likeness (QED) is 0.824. The molecular weight excluding hydrogens is 274 g/mol. The largest absolute Gasteiger partial charge is 0.326 e. The van der Waals surface area contributed by atoms with E-state index < -0.39 is 0 Å². The van der Waals surface area contributed by atoms with Gasteiger partial charge in [-0.3, -0.25) is 9.59 Å². The summed E-state index contributed by atoms with van der Waals surface area (Å²) in [6, 6.07) is 7.17. The first-order chi connectivity index (χ1) is 10.3. The molecule has 1 N–H and O–H groups in total. The lowest BCUT2D eigenvalue weighted by atomic mass is 9.69. The summed E-state index contributed by atoms with van der Waals surface area (Å²) in [7, 11) is 0. The van der Waals surface area contributed by atoms with E-state index in [1.807, 2.05) is 12.1 Å². The Balaban J connectivity index is 1.94. The van der Waals surface area contributed by atoms with Gasteiger partial charge < -0.3 is 5.32 Å². The van der Waals surface area contributed by atoms with Gasteiger partial charge in [0.15, 0.2) is 5.78 Å². The van der Waals surface area contributed by atoms with Crippen molar-refractivity contribution in [3.8, 4) is 0 Å². The van der Waals surface area contributed by atoms with Crippen molar-refractivity contribution in [1.82, 2.24) is 0 Å². The Morgan fingerprint density at radius 3 is 2.27 bits per heavy atom. The van der Waals surface area contributed by atoms with Crippen molar-refractivity contribution in [3.63, 3.8) is 0 Å². The number of benzene rings is 1. The minimum atomic E-state index is 0.0155. The van der Waals surface area contributed by atoms with E-state index in [1.54, 1.807) is 12.1 Å². The lowest BCUT2D eigenvalue weighted by molar-refractivity contribution is -0.121. The molecule has 1 saturated carbocycles. The Bertz CT molecular complexity index is 549. The van der Waals surface area contributed by atoms with Crippen LogP contribution in [-0.2, 0) is 4.79 Å². The molecule has 0 saturated heterocycles. The fraction of sp³-hybridized carbons (Fsp3) is 0.579. The number of nitrogens with one attached hydrogen (secondary N) is 1. The van der Waals surface area contributed by atoms with Crippen LogP contribution in [0.4, 0.5) is 5.69 Å². The third-order valence-electron chi connectivity index (χ3n) is 4.86. The molecule has 1 fully saturated rings. The first-order valence-electron chi connectivity index (χ1n) is 8.19. The van der Waals surface area contributed by atoms with Crippen LogP contribution in [0.2, 0.25) is 0 Å². The van der Waals surface area contributed by atoms with Crippen molar-refractivity contribution < 1.29 is 9.59 Å². The molecular formula is C19H27NO2. The zero-order chi connectivity index (χ0) is 16.3. The van der Waals surface area contributed by atoms with Gasteiger partial charge in [0, 0.05) is 17.2 Å². The van der Waals surface area contributed by atoms with Gasteiger partial charge in [-0.05, 0) is 56.1 Å². The van der Waals surface area contributed by atoms with Gasteiger partial charge in [0.1, 0.15) is 0 Å². The molecule has 0 atom stereocenters. The summed E-state index contributed by atoms with van der Waals surface area (Å²) in [6.45, 7) is 8.39. The Labute approximate surface area is 133 Å². The molecule has 1 aromatic rings. The monoisotopic (exact) mass is 301 g/mol. The van der Waals surface area contributed by atoms with Crippen LogP contribution in [0, 0.1) is 17.3 Å². The van der Waals surface area contributed by atoms with Crippen LogP contribution in [0.1, 0.15) is 63.7 Å². The van der Waals surface area contributed by atoms with Gasteiger partial charge in [0.2, 0.25) is 5.91 Å². The van der Waals surface area contributed by atoms with E-state index >= 15 is 0 Å². The number of hydrogen-bond acceptors (Lipinski definition) is 2. The molecule has 0 unspecified atom stereocenters. The minimum absolute atomic E-state index is 0.0155. The van der Waals surface area contributed by atoms with Crippen molar-refractivity contribution in [2.75, 3.05) is 5.32 Å². The van der Waals surface area contributed by atoms with Crippen molar-refractivity contribution in [3.05, 3.63) is 29.8 Å². The van der Waals surface area contributed by atoms with E-state index in [0.717, 1.165) is 31.4 Å². The molecule has 3 nitrogen and oxygen atoms in total. The van der Waals surface area contributed by atoms with E-state index in [1.165, 1.54) is 6.92 Å². The molecule has 1 aliphatic rings. The second-order valence-corrected chi connectivity index (χ2v) is 7.54. The smallest absolute Gasteiger partial charge is 0.227 e. The van der Waals surface area contributed by atoms with E-state index in [2.05, 4.69) is 26.1 Å². The van der Waals surface area contributed by atoms with Gasteiger partial charge >= 0.3 is 0 Å². The van der Waals surface area contributed by atoms with Crippen LogP contribution in [0.15, 0.2) is 24.3 Å². The number of Topliss-reactive ketones (excluding diaryl/α,β-unsaturated/α-hetero) is 1. The summed E-state index contributed by atoms with van der Waals surface area (Å²) in [5, 5.41) is 2.97. The van der Waals surface area contributed by atoms with Crippen molar-refractivity contribution in [1.29, 1.82) is 0 Å². The number of anilines is 1. The average molecular weight is 301 g/mol. The summed E-state index contributed by atoms with van der Waals surface area (Å²) in [5.74, 6) is 0.909. The van der Waals surface area contributed by atoms with Crippen molar-refractivity contribution in [2.45, 2.75) is 53.4 Å². The van der Waals surface area contributed by atoms with E-state index in [0.29, 0.717) is 16.9 Å². The normalized spacial score (nSPS) is 22.2. The molecule has 0 spiro atoms. The predicted molar refractivity (Wildman–Crippen MR) is 90.0 cm³/mol. The fourth-order valence-electron chi connectivity index (χ4n) is 3.28. The molecule has 0 heterocycles. The van der Waals surface area contributed by atoms with Crippen LogP contribution in [-0.4, -0.2) is 11.7 Å². The molecule has 1 amide bonds. The standard InChI is InChI=1S/C19H27NO2/c1-13(21)15-6-5-7-17(12-15)20-18(22)14-8-10-16(11-9-14)19(2,3)4/h5-7,12,14,16H,8-11H2,1-4H3,(H,20,22). The van der Waals surface area contributed by atoms with Crippen LogP contribution in [0.5, 0.6) is 0 Å². The first kappa shape index (κ1) is 16.7. The van der Waals surface area contributed by atoms with Gasteiger partial charge in [0.05, 0.1) is 0 Å². The van der Waals surface area contributed by atoms with E-state index in [9.17, 15) is 9.59 Å². The van der Waals surface area contributed by atoms with Gasteiger partial charge in [-0.25, -0.2) is 0 Å². The van der Waals surface area contributed by atoms with Crippen LogP contribution in [0.25, 0.3) is 0 Å². The number of amides is 1. The molecule has 2 rings (SSSR count). The highest BCUT2D eigenvalue weighted by atomic mass is 16.2. The summed E-state index contributed by atoms with van der Waals surface area (Å²) in [6.07, 6.45) is 4.16. The molecule has 22 heavy (non-hydrogen) atoms. The zero-order valence-corrected chi connectivity index (χ0v) is 14.1. The van der Waals surface area contributed by atoms with Crippen molar-refractivity contribution >= 4 is 17.4 Å². The molecule has 1 aliphatic carbocycles. The third-order valence-corrected chi connectivity index (χ3v) is 4.86. The highest BCUT2D eigenvalue weighted by Gasteiger charge is 2.32. The first-order valence-corrected chi connectivity index (χ1v) is 8.19. The number of carbonyl (C=O) groups excluding carboxylic acids is 2. The predicted octanol–water partition coefficient (Wildman–Crippen LogP) is 4.68. The summed E-state index contributed by atoms with van der Waals surface area (Å²) < 4.78 is 0. The van der Waals surface area contributed by atoms with Crippen LogP contribution < -0.4 is 5.32 Å². The molecule has 0 aliphatic heterocycles. The van der Waals surface area contributed by atoms with Crippen molar-refractivity contribution in [2.24, 2.45) is 17.3 Å². The summed E-state index contributed by atoms with van der Waals surface area (Å²) >= 11 is 0. The maximum absolute atomic E-state index is 12.4. The highest BCUT2D eigenvalue weighted by molar-refractivity contribution is 5.97. The van der Waals surface area contributed by atoms with Crippen LogP contribution >= 0.6 is 0 Å². The molecule has 1 aromatic carbocycles. The molecule has 0 aromatic heterocycles. The zero-order valence-electron chi connectivity index (χ0n) is 14.1. The minimum Gasteiger partial charge on any atom is -0.326 e. The van der Waals surface area contributed by atoms with Gasteiger partial charge in [-0.1, -0.05) is 32.9 Å². The third kappa shape index (κ3) is 4.19. The second kappa shape index (κ2) is 6.64. The Morgan fingerprint density at radius 2 is 1.73 bits per heavy atom. The van der Waals surface area contributed by atoms with E-state index in [-0.39, 0.29) is 17.6 Å². The number of carbonyl (C=O) groups is 2. The maximum atomic E-state index is 12.4. The molecule has 3 heteroatoms. The second-order valence-electron chi connectivity index (χ2n) is 7.54. The Kier molecular flexibility index (Phi) is 5.05. The summed E-state index contributed by atoms with van der Waals surface area (Å²) in [5.41, 5.74) is 1.68. The maximum Gasteiger partial charge on any atom is 0.227 e. The van der Waals surface area contributed by atoms with E-state index in [4.69, 9.17) is 0 Å². The SMILES string of the molecule is CC(=O)c1cccc(NC(=O)C2CCC(C(C)(C)C)CC2)c1. The molecule has 120 valence electrons. The number of ketones is 1. The summed E-state index contributed by atoms with van der Waals surface area (Å²) in [4.78, 5) is 23.8. The lowest BCUT2D eigenvalue weighted by Gasteiger charge is -2.36. The van der Waals surface area contributed by atoms with Crippen LogP contribution in [0.3, 0.4) is 0 Å². The Hall–Kier alpha value is -1.64. The highest BCUT2D eigenvalue weighted by Crippen LogP contribution is 2.40. The fourth-order valence-corrected chi connectivity index (χ4v) is 3.28. The van der Waals surface area contributed by atoms with Gasteiger partial charge in [-0.15, -0.1) is 0 Å². The average Bonchev–Trinajstić information content (AvgIpc) is 2.46. The van der Waals surface area contributed by atoms with Gasteiger partial charge in [-0.2, -0.15) is 0 Å². The molecule has 0 radical (unpaired) electrons. The number of hydrogen-bond donors (Lipinski definition) is 1. The lowest BCUT2D eigenvalue weighted by Crippen LogP contribution is -2.31. The van der Waals surface area contributed by atoms with Gasteiger partial charge in [0.25, 0.3) is 0 Å². The Morgan fingerprint density at radius 1 is 1.09 bits per heavy atom.